The predicted molar refractivity (Wildman–Crippen MR) is 74.2 cm³/mol. The summed E-state index contributed by atoms with van der Waals surface area (Å²) >= 11 is 0. The van der Waals surface area contributed by atoms with Crippen LogP contribution in [0.4, 0.5) is 0 Å². The molecular formula is C14H24N4O. The largest absolute Gasteiger partial charge is 0.374 e. The van der Waals surface area contributed by atoms with Crippen LogP contribution in [0.25, 0.3) is 0 Å². The number of aryl methyl sites for hydroxylation is 1. The van der Waals surface area contributed by atoms with Crippen molar-refractivity contribution in [2.45, 2.75) is 38.5 Å². The van der Waals surface area contributed by atoms with E-state index in [0.717, 1.165) is 38.6 Å². The van der Waals surface area contributed by atoms with E-state index in [0.29, 0.717) is 12.1 Å². The summed E-state index contributed by atoms with van der Waals surface area (Å²) in [7, 11) is 0. The Morgan fingerprint density at radius 2 is 2.47 bits per heavy atom. The summed E-state index contributed by atoms with van der Waals surface area (Å²) in [6.07, 6.45) is 6.91. The van der Waals surface area contributed by atoms with Crippen molar-refractivity contribution in [1.29, 1.82) is 0 Å². The van der Waals surface area contributed by atoms with E-state index in [1.165, 1.54) is 19.4 Å². The van der Waals surface area contributed by atoms with Gasteiger partial charge in [-0.1, -0.05) is 0 Å². The van der Waals surface area contributed by atoms with Crippen LogP contribution in [0.5, 0.6) is 0 Å². The molecule has 1 aromatic heterocycles. The number of aromatic nitrogens is 2. The minimum Gasteiger partial charge on any atom is -0.374 e. The molecule has 2 aliphatic heterocycles. The number of hydrogen-bond acceptors (Lipinski definition) is 4. The fourth-order valence-corrected chi connectivity index (χ4v) is 3.11. The Kier molecular flexibility index (Phi) is 4.15. The summed E-state index contributed by atoms with van der Waals surface area (Å²) in [6.45, 7) is 8.23. The fourth-order valence-electron chi connectivity index (χ4n) is 3.11. The van der Waals surface area contributed by atoms with Gasteiger partial charge in [0.15, 0.2) is 0 Å². The van der Waals surface area contributed by atoms with Crippen molar-refractivity contribution in [3.63, 3.8) is 0 Å². The summed E-state index contributed by atoms with van der Waals surface area (Å²) < 4.78 is 8.10. The van der Waals surface area contributed by atoms with Gasteiger partial charge in [0.2, 0.25) is 0 Å². The first-order valence-electron chi connectivity index (χ1n) is 7.37. The van der Waals surface area contributed by atoms with Crippen LogP contribution in [-0.4, -0.2) is 59.4 Å². The van der Waals surface area contributed by atoms with Crippen molar-refractivity contribution in [3.8, 4) is 0 Å². The molecule has 2 aliphatic rings. The lowest BCUT2D eigenvalue weighted by Gasteiger charge is -2.35. The van der Waals surface area contributed by atoms with Crippen LogP contribution in [0.15, 0.2) is 12.4 Å². The van der Waals surface area contributed by atoms with Gasteiger partial charge in [0.1, 0.15) is 5.82 Å². The topological polar surface area (TPSA) is 42.3 Å². The molecule has 19 heavy (non-hydrogen) atoms. The lowest BCUT2D eigenvalue weighted by molar-refractivity contribution is -0.0469. The van der Waals surface area contributed by atoms with Crippen LogP contribution in [0.2, 0.25) is 0 Å². The predicted octanol–water partition coefficient (Wildman–Crippen LogP) is 0.644. The molecule has 0 saturated carbocycles. The molecule has 1 aromatic rings. The fraction of sp³-hybridized carbons (Fsp3) is 0.786. The van der Waals surface area contributed by atoms with Gasteiger partial charge in [-0.3, -0.25) is 4.90 Å². The minimum absolute atomic E-state index is 0.359. The number of nitrogens with zero attached hydrogens (tertiary/aromatic N) is 3. The number of nitrogens with one attached hydrogen (secondary N) is 1. The van der Waals surface area contributed by atoms with E-state index in [4.69, 9.17) is 4.74 Å². The molecule has 0 aromatic carbocycles. The van der Waals surface area contributed by atoms with Gasteiger partial charge in [-0.05, 0) is 26.3 Å². The Morgan fingerprint density at radius 1 is 1.53 bits per heavy atom. The highest BCUT2D eigenvalue weighted by molar-refractivity contribution is 4.89. The first-order chi connectivity index (χ1) is 9.33. The second-order valence-corrected chi connectivity index (χ2v) is 5.62. The quantitative estimate of drug-likeness (QED) is 0.793. The SMILES string of the molecule is Cc1nccn1CCNCC1CN2CCCC2CO1. The summed E-state index contributed by atoms with van der Waals surface area (Å²) in [6, 6.07) is 0.699. The normalized spacial score (nSPS) is 27.6. The van der Waals surface area contributed by atoms with Crippen LogP contribution in [0.3, 0.4) is 0 Å². The van der Waals surface area contributed by atoms with Crippen LogP contribution < -0.4 is 5.32 Å². The van der Waals surface area contributed by atoms with Crippen molar-refractivity contribution < 1.29 is 4.74 Å². The van der Waals surface area contributed by atoms with E-state index in [1.54, 1.807) is 0 Å². The third kappa shape index (κ3) is 3.16. The van der Waals surface area contributed by atoms with Gasteiger partial charge in [0.05, 0.1) is 12.7 Å². The molecule has 106 valence electrons. The van der Waals surface area contributed by atoms with E-state index in [9.17, 15) is 0 Å². The molecule has 2 unspecified atom stereocenters. The maximum Gasteiger partial charge on any atom is 0.105 e. The maximum absolute atomic E-state index is 5.93. The van der Waals surface area contributed by atoms with E-state index >= 15 is 0 Å². The minimum atomic E-state index is 0.359. The summed E-state index contributed by atoms with van der Waals surface area (Å²) in [5.74, 6) is 1.08. The molecule has 5 nitrogen and oxygen atoms in total. The first-order valence-corrected chi connectivity index (χ1v) is 7.37. The van der Waals surface area contributed by atoms with Crippen LogP contribution in [0.1, 0.15) is 18.7 Å². The highest BCUT2D eigenvalue weighted by atomic mass is 16.5. The number of hydrogen-bond donors (Lipinski definition) is 1. The van der Waals surface area contributed by atoms with Gasteiger partial charge >= 0.3 is 0 Å². The molecule has 0 spiro atoms. The molecule has 0 aliphatic carbocycles. The van der Waals surface area contributed by atoms with Gasteiger partial charge in [0.25, 0.3) is 0 Å². The van der Waals surface area contributed by atoms with Crippen molar-refractivity contribution >= 4 is 0 Å². The molecular weight excluding hydrogens is 240 g/mol. The molecule has 3 heterocycles. The van der Waals surface area contributed by atoms with E-state index in [1.807, 2.05) is 19.3 Å². The molecule has 2 fully saturated rings. The molecule has 2 atom stereocenters. The number of imidazole rings is 1. The zero-order valence-corrected chi connectivity index (χ0v) is 11.7. The van der Waals surface area contributed by atoms with Crippen molar-refractivity contribution in [1.82, 2.24) is 19.8 Å². The van der Waals surface area contributed by atoms with Gasteiger partial charge in [0, 0.05) is 44.6 Å². The lowest BCUT2D eigenvalue weighted by Crippen LogP contribution is -2.49. The van der Waals surface area contributed by atoms with Gasteiger partial charge < -0.3 is 14.6 Å². The Bertz CT molecular complexity index is 406. The Balaban J connectivity index is 1.35. The number of morpholine rings is 1. The van der Waals surface area contributed by atoms with Crippen molar-refractivity contribution in [2.75, 3.05) is 32.8 Å². The zero-order valence-electron chi connectivity index (χ0n) is 11.7. The van der Waals surface area contributed by atoms with Gasteiger partial charge in [-0.25, -0.2) is 4.98 Å². The summed E-state index contributed by atoms with van der Waals surface area (Å²) in [5.41, 5.74) is 0. The maximum atomic E-state index is 5.93. The highest BCUT2D eigenvalue weighted by Crippen LogP contribution is 2.22. The van der Waals surface area contributed by atoms with Crippen molar-refractivity contribution in [3.05, 3.63) is 18.2 Å². The molecule has 0 radical (unpaired) electrons. The van der Waals surface area contributed by atoms with E-state index < -0.39 is 0 Å². The van der Waals surface area contributed by atoms with Crippen molar-refractivity contribution in [2.24, 2.45) is 0 Å². The summed E-state index contributed by atoms with van der Waals surface area (Å²) in [4.78, 5) is 6.82. The zero-order chi connectivity index (χ0) is 13.1. The lowest BCUT2D eigenvalue weighted by atomic mass is 10.2. The number of fused-ring (bicyclic) bond motifs is 1. The van der Waals surface area contributed by atoms with Crippen LogP contribution >= 0.6 is 0 Å². The summed E-state index contributed by atoms with van der Waals surface area (Å²) in [5, 5.41) is 3.50. The van der Waals surface area contributed by atoms with Gasteiger partial charge in [-0.2, -0.15) is 0 Å². The Morgan fingerprint density at radius 3 is 3.32 bits per heavy atom. The number of ether oxygens (including phenoxy) is 1. The molecule has 3 rings (SSSR count). The van der Waals surface area contributed by atoms with E-state index in [2.05, 4.69) is 19.8 Å². The van der Waals surface area contributed by atoms with Crippen LogP contribution in [0, 0.1) is 6.92 Å². The highest BCUT2D eigenvalue weighted by Gasteiger charge is 2.31. The molecule has 0 amide bonds. The number of rotatable bonds is 5. The molecule has 5 heteroatoms. The third-order valence-corrected chi connectivity index (χ3v) is 4.29. The Hall–Kier alpha value is -0.910. The monoisotopic (exact) mass is 264 g/mol. The smallest absolute Gasteiger partial charge is 0.105 e. The second kappa shape index (κ2) is 6.03. The molecule has 2 saturated heterocycles. The third-order valence-electron chi connectivity index (χ3n) is 4.29. The first kappa shape index (κ1) is 13.1. The van der Waals surface area contributed by atoms with E-state index in [-0.39, 0.29) is 0 Å². The average molecular weight is 264 g/mol. The Labute approximate surface area is 114 Å². The molecule has 0 bridgehead atoms. The average Bonchev–Trinajstić information content (AvgIpc) is 3.03. The molecule has 1 N–H and O–H groups in total. The van der Waals surface area contributed by atoms with Gasteiger partial charge in [-0.15, -0.1) is 0 Å². The van der Waals surface area contributed by atoms with Crippen LogP contribution in [-0.2, 0) is 11.3 Å². The standard InChI is InChI=1S/C14H24N4O/c1-12-16-5-8-17(12)7-4-15-9-14-10-18-6-2-3-13(18)11-19-14/h5,8,13-15H,2-4,6-7,9-11H2,1H3. The second-order valence-electron chi connectivity index (χ2n) is 5.62.